The molecule has 2 aromatic carbocycles. The second-order valence-electron chi connectivity index (χ2n) is 8.32. The van der Waals surface area contributed by atoms with E-state index in [0.29, 0.717) is 37.2 Å². The van der Waals surface area contributed by atoms with Gasteiger partial charge in [-0.2, -0.15) is 0 Å². The van der Waals surface area contributed by atoms with Crippen LogP contribution in [0.15, 0.2) is 36.4 Å². The van der Waals surface area contributed by atoms with Crippen LogP contribution in [0.1, 0.15) is 52.1 Å². The average molecular weight is 582 g/mol. The van der Waals surface area contributed by atoms with Gasteiger partial charge in [-0.05, 0) is 51.0 Å². The van der Waals surface area contributed by atoms with Crippen molar-refractivity contribution in [2.45, 2.75) is 34.1 Å². The van der Waals surface area contributed by atoms with Crippen LogP contribution in [0.4, 0.5) is 11.4 Å². The summed E-state index contributed by atoms with van der Waals surface area (Å²) < 4.78 is 54.5. The number of esters is 1. The number of nitrogens with zero attached hydrogens (tertiary/aromatic N) is 2. The van der Waals surface area contributed by atoms with Gasteiger partial charge in [-0.15, -0.1) is 0 Å². The summed E-state index contributed by atoms with van der Waals surface area (Å²) in [4.78, 5) is 22.8. The van der Waals surface area contributed by atoms with Crippen LogP contribution >= 0.6 is 0 Å². The maximum Gasteiger partial charge on any atom is 1.00 e. The maximum atomic E-state index is 11.9. The van der Waals surface area contributed by atoms with E-state index < -0.39 is 32.0 Å². The SMILES string of the molecule is C.COC(=O)c1cc(C)ccc1N1CCCS1(=O)=O.Cc1ccc(N2CCCS2(=O)=O)c(C(=O)O)c1.[Li+].[OH-].[OH-]. The molecule has 2 aromatic rings. The Labute approximate surface area is 241 Å². The van der Waals surface area contributed by atoms with Gasteiger partial charge in [0, 0.05) is 13.1 Å². The zero-order valence-corrected chi connectivity index (χ0v) is 23.3. The van der Waals surface area contributed by atoms with Crippen molar-refractivity contribution in [3.8, 4) is 0 Å². The molecule has 0 unspecified atom stereocenters. The first kappa shape index (κ1) is 38.5. The van der Waals surface area contributed by atoms with Crippen LogP contribution in [-0.2, 0) is 24.8 Å². The van der Waals surface area contributed by atoms with E-state index >= 15 is 0 Å². The molecule has 2 aliphatic heterocycles. The molecule has 0 aliphatic carbocycles. The molecular weight excluding hydrogens is 547 g/mol. The maximum absolute atomic E-state index is 11.9. The number of methoxy groups -OCH3 is 1. The van der Waals surface area contributed by atoms with E-state index in [-0.39, 0.29) is 60.0 Å². The average Bonchev–Trinajstić information content (AvgIpc) is 3.33. The Morgan fingerprint density at radius 3 is 1.51 bits per heavy atom. The molecule has 39 heavy (non-hydrogen) atoms. The zero-order valence-electron chi connectivity index (χ0n) is 21.6. The van der Waals surface area contributed by atoms with Gasteiger partial charge >= 0.3 is 30.8 Å². The summed E-state index contributed by atoms with van der Waals surface area (Å²) in [5.74, 6) is -1.41. The number of ether oxygens (including phenoxy) is 1. The van der Waals surface area contributed by atoms with Crippen molar-refractivity contribution in [3.63, 3.8) is 0 Å². The number of carbonyl (C=O) groups excluding carboxylic acids is 1. The summed E-state index contributed by atoms with van der Waals surface area (Å²) in [6.07, 6.45) is 1.12. The molecule has 2 fully saturated rings. The molecule has 0 aromatic heterocycles. The number of aromatic carboxylic acids is 1. The molecule has 2 aliphatic rings. The van der Waals surface area contributed by atoms with Gasteiger partial charge < -0.3 is 20.8 Å². The quantitative estimate of drug-likeness (QED) is 0.374. The summed E-state index contributed by atoms with van der Waals surface area (Å²) in [5.41, 5.74) is 2.68. The molecule has 4 rings (SSSR count). The van der Waals surface area contributed by atoms with Gasteiger partial charge in [-0.1, -0.05) is 30.7 Å². The van der Waals surface area contributed by atoms with Crippen LogP contribution in [0, 0.1) is 13.8 Å². The van der Waals surface area contributed by atoms with E-state index in [1.165, 1.54) is 21.8 Å². The van der Waals surface area contributed by atoms with E-state index in [4.69, 9.17) is 9.84 Å². The molecule has 0 radical (unpaired) electrons. The third-order valence-electron chi connectivity index (χ3n) is 5.68. The predicted molar refractivity (Wildman–Crippen MR) is 143 cm³/mol. The van der Waals surface area contributed by atoms with Gasteiger partial charge in [0.05, 0.1) is 41.1 Å². The van der Waals surface area contributed by atoms with Crippen molar-refractivity contribution < 1.29 is 66.1 Å². The molecular formula is C24H34LiN2O10S2-. The first-order chi connectivity index (χ1) is 16.4. The van der Waals surface area contributed by atoms with E-state index in [1.54, 1.807) is 37.3 Å². The fraction of sp³-hybridized carbons (Fsp3) is 0.417. The second kappa shape index (κ2) is 15.3. The van der Waals surface area contributed by atoms with Crippen molar-refractivity contribution in [3.05, 3.63) is 58.7 Å². The fourth-order valence-electron chi connectivity index (χ4n) is 4.00. The Balaban J connectivity index is 0. The summed E-state index contributed by atoms with van der Waals surface area (Å²) in [6.45, 7) is 4.38. The molecule has 0 spiro atoms. The Hall–Kier alpha value is -2.60. The number of carboxylic acids is 1. The van der Waals surface area contributed by atoms with Crippen LogP contribution in [0.2, 0.25) is 0 Å². The van der Waals surface area contributed by atoms with Gasteiger partial charge in [0.1, 0.15) is 0 Å². The number of aryl methyl sites for hydroxylation is 2. The Bertz CT molecular complexity index is 1360. The van der Waals surface area contributed by atoms with Gasteiger partial charge in [0.15, 0.2) is 0 Å². The predicted octanol–water partition coefficient (Wildman–Crippen LogP) is -0.159. The largest absolute Gasteiger partial charge is 1.00 e. The topological polar surface area (TPSA) is 198 Å². The summed E-state index contributed by atoms with van der Waals surface area (Å²) in [7, 11) is -5.35. The van der Waals surface area contributed by atoms with Crippen LogP contribution in [0.3, 0.4) is 0 Å². The van der Waals surface area contributed by atoms with Crippen molar-refractivity contribution in [2.24, 2.45) is 0 Å². The smallest absolute Gasteiger partial charge is 0.870 e. The minimum Gasteiger partial charge on any atom is -0.870 e. The number of sulfonamides is 2. The van der Waals surface area contributed by atoms with Crippen molar-refractivity contribution in [2.75, 3.05) is 40.3 Å². The second-order valence-corrected chi connectivity index (χ2v) is 12.3. The van der Waals surface area contributed by atoms with Crippen LogP contribution in [0.25, 0.3) is 0 Å². The van der Waals surface area contributed by atoms with Crippen LogP contribution < -0.4 is 27.5 Å². The molecule has 2 saturated heterocycles. The van der Waals surface area contributed by atoms with Gasteiger partial charge in [-0.25, -0.2) is 26.4 Å². The number of anilines is 2. The Morgan fingerprint density at radius 2 is 1.18 bits per heavy atom. The Morgan fingerprint density at radius 1 is 0.795 bits per heavy atom. The van der Waals surface area contributed by atoms with Crippen LogP contribution in [0.5, 0.6) is 0 Å². The van der Waals surface area contributed by atoms with Crippen molar-refractivity contribution in [1.29, 1.82) is 0 Å². The monoisotopic (exact) mass is 581 g/mol. The van der Waals surface area contributed by atoms with Gasteiger partial charge in [0.2, 0.25) is 20.0 Å². The molecule has 0 amide bonds. The van der Waals surface area contributed by atoms with Crippen molar-refractivity contribution in [1.82, 2.24) is 0 Å². The van der Waals surface area contributed by atoms with E-state index in [9.17, 15) is 26.4 Å². The Kier molecular flexibility index (Phi) is 15.1. The summed E-state index contributed by atoms with van der Waals surface area (Å²) >= 11 is 0. The normalized spacial score (nSPS) is 16.2. The minimum atomic E-state index is -3.34. The van der Waals surface area contributed by atoms with E-state index in [2.05, 4.69) is 0 Å². The molecule has 214 valence electrons. The summed E-state index contributed by atoms with van der Waals surface area (Å²) in [5, 5.41) is 9.10. The molecule has 15 heteroatoms. The van der Waals surface area contributed by atoms with Crippen molar-refractivity contribution >= 4 is 43.4 Å². The van der Waals surface area contributed by atoms with E-state index in [1.807, 2.05) is 6.92 Å². The van der Waals surface area contributed by atoms with Gasteiger partial charge in [0.25, 0.3) is 0 Å². The summed E-state index contributed by atoms with van der Waals surface area (Å²) in [6, 6.07) is 9.86. The van der Waals surface area contributed by atoms with Crippen LogP contribution in [-0.4, -0.2) is 76.5 Å². The van der Waals surface area contributed by atoms with Gasteiger partial charge in [-0.3, -0.25) is 8.61 Å². The molecule has 12 nitrogen and oxygen atoms in total. The molecule has 3 N–H and O–H groups in total. The third kappa shape index (κ3) is 8.69. The molecule has 0 atom stereocenters. The zero-order chi connectivity index (χ0) is 26.0. The third-order valence-corrected chi connectivity index (χ3v) is 9.39. The minimum absolute atomic E-state index is 0. The molecule has 0 saturated carbocycles. The fourth-order valence-corrected chi connectivity index (χ4v) is 7.16. The number of hydrogen-bond donors (Lipinski definition) is 1. The first-order valence-electron chi connectivity index (χ1n) is 10.9. The molecule has 2 heterocycles. The first-order valence-corrected chi connectivity index (χ1v) is 14.1. The standard InChI is InChI=1S/C12H15NO4S.C11H13NO4S.CH4.Li.2H2O/c1-9-4-5-11(10(8-9)12(14)17-2)13-6-3-7-18(13,15)16;1-8-3-4-10(9(7-8)11(13)14)12-5-2-6-17(12,15)16;;;;/h4-5,8H,3,6-7H2,1-2H3;3-4,7H,2,5-6H2,1H3,(H,13,14);1H4;;2*1H2/q;;;+1;;/p-2. The molecule has 0 bridgehead atoms. The number of hydrogen-bond acceptors (Lipinski definition) is 9. The number of rotatable bonds is 4. The number of carbonyl (C=O) groups is 2. The number of benzene rings is 2. The number of carboxylic acid groups (broad SMARTS) is 1. The van der Waals surface area contributed by atoms with E-state index in [0.717, 1.165) is 11.1 Å².